The number of rotatable bonds is 13. The van der Waals surface area contributed by atoms with E-state index < -0.39 is 42.5 Å². The van der Waals surface area contributed by atoms with Crippen molar-refractivity contribution in [2.24, 2.45) is 0 Å². The van der Waals surface area contributed by atoms with Crippen molar-refractivity contribution in [3.63, 3.8) is 0 Å². The third-order valence-corrected chi connectivity index (χ3v) is 3.82. The molecule has 6 N–H and O–H groups in total. The summed E-state index contributed by atoms with van der Waals surface area (Å²) in [4.78, 5) is 63.8. The summed E-state index contributed by atoms with van der Waals surface area (Å²) in [5.74, 6) is -4.26. The Labute approximate surface area is 195 Å². The highest BCUT2D eigenvalue weighted by Crippen LogP contribution is 2.00. The molecule has 0 aromatic heterocycles. The van der Waals surface area contributed by atoms with Crippen LogP contribution in [0.5, 0.6) is 0 Å². The maximum absolute atomic E-state index is 11.4. The Hall–Kier alpha value is -4.16. The molecule has 0 spiro atoms. The number of hydrogen-bond acceptors (Lipinski definition) is 7. The monoisotopic (exact) mass is 483 g/mol. The van der Waals surface area contributed by atoms with Gasteiger partial charge in [0.15, 0.2) is 0 Å². The van der Waals surface area contributed by atoms with Gasteiger partial charge >= 0.3 is 24.0 Å². The molecule has 1 aromatic carbocycles. The van der Waals surface area contributed by atoms with Crippen LogP contribution in [-0.2, 0) is 35.3 Å². The number of hydrogen-bond donors (Lipinski definition) is 6. The minimum Gasteiger partial charge on any atom is -0.481 e. The van der Waals surface area contributed by atoms with Crippen LogP contribution in [0.3, 0.4) is 0 Å². The number of aliphatic carboxylic acids is 3. The number of amides is 3. The number of carboxylic acid groups (broad SMARTS) is 3. The summed E-state index contributed by atoms with van der Waals surface area (Å²) in [7, 11) is 0. The van der Waals surface area contributed by atoms with Crippen LogP contribution in [0.1, 0.15) is 38.2 Å². The summed E-state index contributed by atoms with van der Waals surface area (Å²) in [6.07, 6.45) is -0.385. The van der Waals surface area contributed by atoms with E-state index in [1.54, 1.807) is 0 Å². The number of carboxylic acids is 3. The van der Waals surface area contributed by atoms with Gasteiger partial charge in [0.2, 0.25) is 11.8 Å². The van der Waals surface area contributed by atoms with Crippen molar-refractivity contribution in [3.05, 3.63) is 35.9 Å². The van der Waals surface area contributed by atoms with Crippen LogP contribution in [0.2, 0.25) is 0 Å². The maximum Gasteiger partial charge on any atom is 0.407 e. The molecule has 13 heteroatoms. The molecule has 3 amide bonds. The van der Waals surface area contributed by atoms with Crippen molar-refractivity contribution in [3.8, 4) is 0 Å². The molecular weight excluding hydrogens is 454 g/mol. The SMILES string of the molecule is CC(=O)NC(CCC(=O)O)C(=O)O.O=C(O)CNC(=O)CCCNC(=O)OCc1ccccc1. The molecule has 188 valence electrons. The molecule has 0 heterocycles. The fourth-order valence-electron chi connectivity index (χ4n) is 2.25. The van der Waals surface area contributed by atoms with E-state index in [0.29, 0.717) is 6.42 Å². The zero-order chi connectivity index (χ0) is 25.9. The van der Waals surface area contributed by atoms with Crippen molar-refractivity contribution in [2.75, 3.05) is 13.1 Å². The van der Waals surface area contributed by atoms with Gasteiger partial charge < -0.3 is 36.0 Å². The van der Waals surface area contributed by atoms with Gasteiger partial charge in [0.05, 0.1) is 0 Å². The van der Waals surface area contributed by atoms with E-state index in [4.69, 9.17) is 20.1 Å². The van der Waals surface area contributed by atoms with E-state index in [1.807, 2.05) is 30.3 Å². The van der Waals surface area contributed by atoms with Gasteiger partial charge in [-0.25, -0.2) is 9.59 Å². The normalized spacial score (nSPS) is 10.5. The van der Waals surface area contributed by atoms with Gasteiger partial charge in [0.25, 0.3) is 0 Å². The summed E-state index contributed by atoms with van der Waals surface area (Å²) in [6.45, 7) is 1.25. The lowest BCUT2D eigenvalue weighted by atomic mass is 10.1. The zero-order valence-electron chi connectivity index (χ0n) is 18.6. The van der Waals surface area contributed by atoms with Crippen LogP contribution in [0, 0.1) is 0 Å². The molecule has 1 rings (SSSR count). The molecule has 1 unspecified atom stereocenters. The fraction of sp³-hybridized carbons (Fsp3) is 0.429. The van der Waals surface area contributed by atoms with E-state index in [1.165, 1.54) is 6.92 Å². The van der Waals surface area contributed by atoms with Gasteiger partial charge in [0, 0.05) is 26.3 Å². The molecule has 1 aromatic rings. The second-order valence-corrected chi connectivity index (χ2v) is 6.79. The minimum atomic E-state index is -1.23. The lowest BCUT2D eigenvalue weighted by Gasteiger charge is -2.10. The highest BCUT2D eigenvalue weighted by atomic mass is 16.5. The third-order valence-electron chi connectivity index (χ3n) is 3.82. The topological polar surface area (TPSA) is 208 Å². The van der Waals surface area contributed by atoms with Gasteiger partial charge in [-0.1, -0.05) is 30.3 Å². The van der Waals surface area contributed by atoms with Crippen LogP contribution < -0.4 is 16.0 Å². The van der Waals surface area contributed by atoms with E-state index >= 15 is 0 Å². The predicted molar refractivity (Wildman–Crippen MR) is 117 cm³/mol. The Kier molecular flexibility index (Phi) is 15.3. The number of benzene rings is 1. The first-order valence-electron chi connectivity index (χ1n) is 10.2. The number of alkyl carbamates (subject to hydrolysis) is 1. The van der Waals surface area contributed by atoms with Gasteiger partial charge in [-0.3, -0.25) is 19.2 Å². The van der Waals surface area contributed by atoms with Crippen LogP contribution in [0.25, 0.3) is 0 Å². The summed E-state index contributed by atoms with van der Waals surface area (Å²) in [5.41, 5.74) is 0.890. The van der Waals surface area contributed by atoms with Crippen molar-refractivity contribution >= 4 is 35.8 Å². The number of carbonyl (C=O) groups is 6. The molecule has 13 nitrogen and oxygen atoms in total. The highest BCUT2D eigenvalue weighted by Gasteiger charge is 2.18. The smallest absolute Gasteiger partial charge is 0.407 e. The van der Waals surface area contributed by atoms with E-state index in [9.17, 15) is 28.8 Å². The molecule has 34 heavy (non-hydrogen) atoms. The number of nitrogens with one attached hydrogen (secondary N) is 3. The third kappa shape index (κ3) is 17.5. The second-order valence-electron chi connectivity index (χ2n) is 6.79. The predicted octanol–water partition coefficient (Wildman–Crippen LogP) is 0.334. The van der Waals surface area contributed by atoms with Crippen molar-refractivity contribution in [1.82, 2.24) is 16.0 Å². The molecule has 1 atom stereocenters. The van der Waals surface area contributed by atoms with Crippen LogP contribution in [-0.4, -0.2) is 70.3 Å². The summed E-state index contributed by atoms with van der Waals surface area (Å²) >= 11 is 0. The van der Waals surface area contributed by atoms with E-state index in [-0.39, 0.29) is 38.3 Å². The standard InChI is InChI=1S/C14H18N2O5.C7H11NO5/c17-12(16-9-13(18)19)7-4-8-15-14(20)21-10-11-5-2-1-3-6-11;1-4(9)8-5(7(12)13)2-3-6(10)11/h1-3,5-6H,4,7-10H2,(H,15,20)(H,16,17)(H,18,19);5H,2-3H2,1H3,(H,8,9)(H,10,11)(H,12,13). The molecule has 0 radical (unpaired) electrons. The molecular formula is C21H29N3O10. The molecule has 0 aliphatic rings. The molecule has 0 fully saturated rings. The lowest BCUT2D eigenvalue weighted by Crippen LogP contribution is -2.39. The average Bonchev–Trinajstić information content (AvgIpc) is 2.77. The largest absolute Gasteiger partial charge is 0.481 e. The minimum absolute atomic E-state index is 0.107. The van der Waals surface area contributed by atoms with Crippen molar-refractivity contribution < 1.29 is 48.8 Å². The number of carbonyl (C=O) groups excluding carboxylic acids is 3. The van der Waals surface area contributed by atoms with Gasteiger partial charge in [-0.05, 0) is 18.4 Å². The van der Waals surface area contributed by atoms with Crippen molar-refractivity contribution in [2.45, 2.75) is 45.3 Å². The molecule has 0 aliphatic heterocycles. The maximum atomic E-state index is 11.4. The molecule has 0 saturated heterocycles. The molecule has 0 aliphatic carbocycles. The van der Waals surface area contributed by atoms with E-state index in [2.05, 4.69) is 16.0 Å². The van der Waals surface area contributed by atoms with Crippen LogP contribution in [0.4, 0.5) is 4.79 Å². The van der Waals surface area contributed by atoms with Gasteiger partial charge in [0.1, 0.15) is 19.2 Å². The van der Waals surface area contributed by atoms with Crippen LogP contribution >= 0.6 is 0 Å². The highest BCUT2D eigenvalue weighted by molar-refractivity contribution is 5.82. The Bertz CT molecular complexity index is 829. The first-order chi connectivity index (χ1) is 16.0. The Morgan fingerprint density at radius 3 is 2.09 bits per heavy atom. The van der Waals surface area contributed by atoms with Gasteiger partial charge in [-0.2, -0.15) is 0 Å². The average molecular weight is 483 g/mol. The fourth-order valence-corrected chi connectivity index (χ4v) is 2.25. The van der Waals surface area contributed by atoms with Gasteiger partial charge in [-0.15, -0.1) is 0 Å². The molecule has 0 saturated carbocycles. The summed E-state index contributed by atoms with van der Waals surface area (Å²) in [6, 6.07) is 8.16. The van der Waals surface area contributed by atoms with Crippen molar-refractivity contribution in [1.29, 1.82) is 0 Å². The lowest BCUT2D eigenvalue weighted by molar-refractivity contribution is -0.142. The Morgan fingerprint density at radius 2 is 1.56 bits per heavy atom. The number of ether oxygens (including phenoxy) is 1. The van der Waals surface area contributed by atoms with Crippen LogP contribution in [0.15, 0.2) is 30.3 Å². The summed E-state index contributed by atoms with van der Waals surface area (Å²) < 4.78 is 4.99. The zero-order valence-corrected chi connectivity index (χ0v) is 18.6. The second kappa shape index (κ2) is 17.4. The first kappa shape index (κ1) is 29.8. The quantitative estimate of drug-likeness (QED) is 0.212. The first-order valence-corrected chi connectivity index (χ1v) is 10.2. The van der Waals surface area contributed by atoms with E-state index in [0.717, 1.165) is 5.56 Å². The summed E-state index contributed by atoms with van der Waals surface area (Å²) in [5, 5.41) is 32.1. The Balaban J connectivity index is 0.000000722. The molecule has 0 bridgehead atoms. The Morgan fingerprint density at radius 1 is 0.912 bits per heavy atom.